The second kappa shape index (κ2) is 22.5. The fourth-order valence-electron chi connectivity index (χ4n) is 9.61. The van der Waals surface area contributed by atoms with Gasteiger partial charge in [0.05, 0.1) is 11.7 Å². The van der Waals surface area contributed by atoms with Crippen LogP contribution in [0, 0.1) is 25.7 Å². The Balaban J connectivity index is 1.44. The van der Waals surface area contributed by atoms with Crippen LogP contribution >= 0.6 is 57.1 Å². The van der Waals surface area contributed by atoms with Gasteiger partial charge >= 0.3 is 0 Å². The molecule has 0 fully saturated rings. The van der Waals surface area contributed by atoms with Crippen molar-refractivity contribution in [2.45, 2.75) is 184 Å². The molecular formula is C54H72N2S5. The molecule has 7 aromatic rings. The van der Waals surface area contributed by atoms with Crippen LogP contribution in [0.3, 0.4) is 0 Å². The van der Waals surface area contributed by atoms with Gasteiger partial charge in [-0.2, -0.15) is 8.75 Å². The maximum absolute atomic E-state index is 4.85. The molecule has 61 heavy (non-hydrogen) atoms. The lowest BCUT2D eigenvalue weighted by atomic mass is 9.86. The number of unbranched alkanes of at least 4 members (excludes halogenated alkanes) is 8. The Morgan fingerprint density at radius 3 is 1.57 bits per heavy atom. The highest BCUT2D eigenvalue weighted by Gasteiger charge is 2.26. The summed E-state index contributed by atoms with van der Waals surface area (Å²) in [6, 6.07) is 15.0. The van der Waals surface area contributed by atoms with Crippen molar-refractivity contribution in [2.24, 2.45) is 11.8 Å². The average Bonchev–Trinajstić information content (AvgIpc) is 4.12. The fourth-order valence-corrected chi connectivity index (χ4v) is 15.3. The normalized spacial score (nSPS) is 13.1. The molecule has 7 heteroatoms. The second-order valence-electron chi connectivity index (χ2n) is 18.1. The van der Waals surface area contributed by atoms with Crippen LogP contribution in [0.5, 0.6) is 0 Å². The molecule has 7 rings (SSSR count). The van der Waals surface area contributed by atoms with Crippen LogP contribution in [-0.2, 0) is 25.7 Å². The van der Waals surface area contributed by atoms with E-state index in [1.165, 1.54) is 175 Å². The first-order chi connectivity index (χ1) is 29.8. The predicted octanol–water partition coefficient (Wildman–Crippen LogP) is 19.6. The maximum Gasteiger partial charge on any atom is 0.113 e. The van der Waals surface area contributed by atoms with E-state index < -0.39 is 0 Å². The molecule has 2 aromatic carbocycles. The summed E-state index contributed by atoms with van der Waals surface area (Å²) in [7, 11) is 0. The van der Waals surface area contributed by atoms with E-state index in [2.05, 4.69) is 114 Å². The van der Waals surface area contributed by atoms with E-state index in [0.29, 0.717) is 11.8 Å². The van der Waals surface area contributed by atoms with Crippen LogP contribution in [0.2, 0.25) is 0 Å². The van der Waals surface area contributed by atoms with Crippen LogP contribution in [0.1, 0.15) is 177 Å². The van der Waals surface area contributed by atoms with Crippen LogP contribution in [0.4, 0.5) is 0 Å². The van der Waals surface area contributed by atoms with Gasteiger partial charge in [-0.3, -0.25) is 0 Å². The molecule has 0 saturated carbocycles. The van der Waals surface area contributed by atoms with E-state index >= 15 is 0 Å². The summed E-state index contributed by atoms with van der Waals surface area (Å²) in [6.07, 6.45) is 25.4. The highest BCUT2D eigenvalue weighted by atomic mass is 32.1. The Kier molecular flexibility index (Phi) is 17.2. The SMILES string of the molecule is CCCCCCc1cc(C)sc1-c1cc2c(CC(CC)CCCC)c3sc(-c4sc(-c5ccc(C)c6nsnc56)cc4CCCCCC)cc3c(CC(CC)CCCC)c2s1. The molecule has 0 radical (unpaired) electrons. The Morgan fingerprint density at radius 1 is 0.508 bits per heavy atom. The first-order valence-electron chi connectivity index (χ1n) is 24.3. The number of hydrogen-bond donors (Lipinski definition) is 0. The van der Waals surface area contributed by atoms with Crippen molar-refractivity contribution in [3.8, 4) is 29.9 Å². The van der Waals surface area contributed by atoms with Crippen LogP contribution in [0.25, 0.3) is 61.2 Å². The number of benzene rings is 2. The molecule has 0 bridgehead atoms. The van der Waals surface area contributed by atoms with Crippen molar-refractivity contribution in [3.05, 3.63) is 69.1 Å². The number of hydrogen-bond acceptors (Lipinski definition) is 7. The zero-order chi connectivity index (χ0) is 42.9. The van der Waals surface area contributed by atoms with Gasteiger partial charge in [-0.25, -0.2) is 0 Å². The Hall–Kier alpha value is -2.42. The summed E-state index contributed by atoms with van der Waals surface area (Å²) in [5.41, 5.74) is 11.0. The van der Waals surface area contributed by atoms with Crippen molar-refractivity contribution in [3.63, 3.8) is 0 Å². The Bertz CT molecular complexity index is 2390. The topological polar surface area (TPSA) is 25.8 Å². The third-order valence-corrected chi connectivity index (χ3v) is 19.0. The molecule has 0 amide bonds. The fraction of sp³-hybridized carbons (Fsp3) is 0.556. The van der Waals surface area contributed by atoms with Crippen LogP contribution in [0.15, 0.2) is 36.4 Å². The lowest BCUT2D eigenvalue weighted by Crippen LogP contribution is -2.06. The standard InChI is InChI=1S/C54H72N2S5/c1-9-15-19-21-25-39-29-36(8)57-51(39)47-33-44-42(30-37(13-5)23-17-11-3)54-45(43(53(44)59-47)31-38(14-6)24-18-12-4)34-48(60-54)52-40(26-22-20-16-10-2)32-46(58-52)41-28-27-35(7)49-50(41)56-61-55-49/h27-29,32-34,37-38H,9-26,30-31H2,1-8H3. The van der Waals surface area contributed by atoms with Gasteiger partial charge in [0, 0.05) is 44.2 Å². The minimum atomic E-state index is 0.704. The molecule has 328 valence electrons. The average molecular weight is 910 g/mol. The van der Waals surface area contributed by atoms with E-state index in [0.717, 1.165) is 17.5 Å². The van der Waals surface area contributed by atoms with Gasteiger partial charge < -0.3 is 0 Å². The monoisotopic (exact) mass is 908 g/mol. The number of fused-ring (bicyclic) bond motifs is 3. The zero-order valence-corrected chi connectivity index (χ0v) is 42.8. The van der Waals surface area contributed by atoms with Crippen molar-refractivity contribution < 1.29 is 0 Å². The Morgan fingerprint density at radius 2 is 1.03 bits per heavy atom. The van der Waals surface area contributed by atoms with Crippen molar-refractivity contribution in [1.29, 1.82) is 0 Å². The van der Waals surface area contributed by atoms with E-state index in [1.807, 2.05) is 22.7 Å². The summed E-state index contributed by atoms with van der Waals surface area (Å²) in [5, 5.41) is 3.13. The summed E-state index contributed by atoms with van der Waals surface area (Å²) in [6.45, 7) is 18.8. The highest BCUT2D eigenvalue weighted by Crippen LogP contribution is 2.51. The number of nitrogens with zero attached hydrogens (tertiary/aromatic N) is 2. The van der Waals surface area contributed by atoms with Gasteiger partial charge in [0.15, 0.2) is 0 Å². The van der Waals surface area contributed by atoms with Crippen molar-refractivity contribution >= 4 is 88.3 Å². The molecule has 2 nitrogen and oxygen atoms in total. The second-order valence-corrected chi connectivity index (χ2v) is 23.0. The first-order valence-corrected chi connectivity index (χ1v) is 28.3. The number of aryl methyl sites for hydroxylation is 4. The molecule has 0 aliphatic heterocycles. The third kappa shape index (κ3) is 10.8. The minimum absolute atomic E-state index is 0.704. The number of aromatic nitrogens is 2. The first kappa shape index (κ1) is 46.6. The summed E-state index contributed by atoms with van der Waals surface area (Å²) < 4.78 is 12.7. The molecular weight excluding hydrogens is 837 g/mol. The molecule has 0 saturated heterocycles. The van der Waals surface area contributed by atoms with Crippen LogP contribution < -0.4 is 0 Å². The van der Waals surface area contributed by atoms with E-state index in [4.69, 9.17) is 8.75 Å². The molecule has 0 aliphatic carbocycles. The predicted molar refractivity (Wildman–Crippen MR) is 279 cm³/mol. The molecule has 0 N–H and O–H groups in total. The molecule has 2 unspecified atom stereocenters. The van der Waals surface area contributed by atoms with Gasteiger partial charge in [-0.05, 0) is 127 Å². The number of thiophene rings is 4. The van der Waals surface area contributed by atoms with E-state index in [-0.39, 0.29) is 0 Å². The van der Waals surface area contributed by atoms with Crippen LogP contribution in [-0.4, -0.2) is 8.75 Å². The highest BCUT2D eigenvalue weighted by molar-refractivity contribution is 7.28. The van der Waals surface area contributed by atoms with Gasteiger partial charge in [0.2, 0.25) is 0 Å². The third-order valence-electron chi connectivity index (χ3n) is 13.4. The lowest BCUT2D eigenvalue weighted by Gasteiger charge is -2.20. The van der Waals surface area contributed by atoms with Gasteiger partial charge in [0.25, 0.3) is 0 Å². The molecule has 5 heterocycles. The quantitative estimate of drug-likeness (QED) is 0.0534. The van der Waals surface area contributed by atoms with Gasteiger partial charge in [0.1, 0.15) is 11.0 Å². The van der Waals surface area contributed by atoms with Gasteiger partial charge in [-0.1, -0.05) is 144 Å². The van der Waals surface area contributed by atoms with Crippen molar-refractivity contribution in [1.82, 2.24) is 8.75 Å². The van der Waals surface area contributed by atoms with E-state index in [1.54, 1.807) is 41.7 Å². The Labute approximate surface area is 389 Å². The van der Waals surface area contributed by atoms with Gasteiger partial charge in [-0.15, -0.1) is 45.3 Å². The maximum atomic E-state index is 4.85. The molecule has 0 spiro atoms. The van der Waals surface area contributed by atoms with E-state index in [9.17, 15) is 0 Å². The zero-order valence-electron chi connectivity index (χ0n) is 38.7. The summed E-state index contributed by atoms with van der Waals surface area (Å²) in [4.78, 5) is 8.83. The number of rotatable bonds is 25. The minimum Gasteiger partial charge on any atom is -0.173 e. The van der Waals surface area contributed by atoms with Crippen molar-refractivity contribution in [2.75, 3.05) is 0 Å². The molecule has 2 atom stereocenters. The molecule has 0 aliphatic rings. The lowest BCUT2D eigenvalue weighted by molar-refractivity contribution is 0.450. The smallest absolute Gasteiger partial charge is 0.113 e. The summed E-state index contributed by atoms with van der Waals surface area (Å²) in [5.74, 6) is 1.41. The molecule has 5 aromatic heterocycles. The largest absolute Gasteiger partial charge is 0.173 e. The summed E-state index contributed by atoms with van der Waals surface area (Å²) >= 11 is 9.67.